The van der Waals surface area contributed by atoms with E-state index in [0.717, 1.165) is 23.1 Å². The number of aryl methyl sites for hydroxylation is 1. The standard InChI is InChI=1S/C14H22N2O2S/c1-9-11(12(17)18-5)15-13(19-9)16-7-6-10(8-16)14(2,3)4/h10H,6-8H2,1-5H3. The van der Waals surface area contributed by atoms with E-state index in [1.807, 2.05) is 6.92 Å². The second kappa shape index (κ2) is 5.12. The minimum Gasteiger partial charge on any atom is -0.464 e. The number of carbonyl (C=O) groups is 1. The van der Waals surface area contributed by atoms with Gasteiger partial charge in [0, 0.05) is 18.0 Å². The van der Waals surface area contributed by atoms with Crippen molar-refractivity contribution >= 4 is 22.4 Å². The van der Waals surface area contributed by atoms with Crippen molar-refractivity contribution in [2.24, 2.45) is 11.3 Å². The Morgan fingerprint density at radius 2 is 2.16 bits per heavy atom. The van der Waals surface area contributed by atoms with Gasteiger partial charge in [0.25, 0.3) is 0 Å². The fraction of sp³-hybridized carbons (Fsp3) is 0.714. The van der Waals surface area contributed by atoms with Gasteiger partial charge in [-0.1, -0.05) is 20.8 Å². The van der Waals surface area contributed by atoms with Gasteiger partial charge in [-0.05, 0) is 24.7 Å². The highest BCUT2D eigenvalue weighted by Crippen LogP contribution is 2.37. The van der Waals surface area contributed by atoms with E-state index in [0.29, 0.717) is 17.0 Å². The van der Waals surface area contributed by atoms with E-state index in [4.69, 9.17) is 4.74 Å². The number of esters is 1. The predicted octanol–water partition coefficient (Wildman–Crippen LogP) is 3.11. The zero-order chi connectivity index (χ0) is 14.2. The third-order valence-corrected chi connectivity index (χ3v) is 4.88. The van der Waals surface area contributed by atoms with Crippen molar-refractivity contribution in [2.75, 3.05) is 25.1 Å². The van der Waals surface area contributed by atoms with Gasteiger partial charge >= 0.3 is 5.97 Å². The van der Waals surface area contributed by atoms with Crippen LogP contribution >= 0.6 is 11.3 Å². The molecule has 1 saturated heterocycles. The third kappa shape index (κ3) is 2.91. The summed E-state index contributed by atoms with van der Waals surface area (Å²) < 4.78 is 4.76. The number of aromatic nitrogens is 1. The summed E-state index contributed by atoms with van der Waals surface area (Å²) in [4.78, 5) is 19.3. The third-order valence-electron chi connectivity index (χ3n) is 3.85. The van der Waals surface area contributed by atoms with Crippen LogP contribution < -0.4 is 4.90 Å². The molecule has 0 aromatic carbocycles. The quantitative estimate of drug-likeness (QED) is 0.782. The molecule has 1 fully saturated rings. The summed E-state index contributed by atoms with van der Waals surface area (Å²) in [5.74, 6) is 0.338. The molecule has 106 valence electrons. The van der Waals surface area contributed by atoms with Crippen LogP contribution in [0.2, 0.25) is 0 Å². The van der Waals surface area contributed by atoms with Crippen LogP contribution in [0.15, 0.2) is 0 Å². The lowest BCUT2D eigenvalue weighted by Crippen LogP contribution is -2.25. The minimum atomic E-state index is -0.341. The summed E-state index contributed by atoms with van der Waals surface area (Å²) in [5, 5.41) is 0.949. The molecule has 1 aromatic rings. The van der Waals surface area contributed by atoms with Gasteiger partial charge in [0.2, 0.25) is 0 Å². The average Bonchev–Trinajstić information content (AvgIpc) is 2.93. The summed E-state index contributed by atoms with van der Waals surface area (Å²) in [6, 6.07) is 0. The number of hydrogen-bond acceptors (Lipinski definition) is 5. The molecule has 1 atom stereocenters. The first-order valence-corrected chi connectivity index (χ1v) is 7.45. The number of ether oxygens (including phenoxy) is 1. The number of nitrogens with zero attached hydrogens (tertiary/aromatic N) is 2. The lowest BCUT2D eigenvalue weighted by atomic mass is 9.80. The summed E-state index contributed by atoms with van der Waals surface area (Å²) in [6.45, 7) is 10.8. The number of thiazole rings is 1. The van der Waals surface area contributed by atoms with Gasteiger partial charge in [0.15, 0.2) is 10.8 Å². The Hall–Kier alpha value is -1.10. The Balaban J connectivity index is 2.14. The summed E-state index contributed by atoms with van der Waals surface area (Å²) >= 11 is 1.58. The van der Waals surface area contributed by atoms with Crippen LogP contribution in [0.1, 0.15) is 42.6 Å². The predicted molar refractivity (Wildman–Crippen MR) is 78.0 cm³/mol. The topological polar surface area (TPSA) is 42.4 Å². The lowest BCUT2D eigenvalue weighted by molar-refractivity contribution is 0.0594. The molecule has 1 aliphatic heterocycles. The maximum Gasteiger partial charge on any atom is 0.357 e. The van der Waals surface area contributed by atoms with Crippen molar-refractivity contribution in [1.29, 1.82) is 0 Å². The van der Waals surface area contributed by atoms with Crippen molar-refractivity contribution in [3.63, 3.8) is 0 Å². The zero-order valence-corrected chi connectivity index (χ0v) is 13.1. The first kappa shape index (κ1) is 14.3. The van der Waals surface area contributed by atoms with Gasteiger partial charge in [0.05, 0.1) is 7.11 Å². The summed E-state index contributed by atoms with van der Waals surface area (Å²) in [5.41, 5.74) is 0.786. The fourth-order valence-electron chi connectivity index (χ4n) is 2.44. The van der Waals surface area contributed by atoms with Crippen LogP contribution in [0, 0.1) is 18.3 Å². The molecular weight excluding hydrogens is 260 g/mol. The Labute approximate surface area is 118 Å². The van der Waals surface area contributed by atoms with E-state index in [-0.39, 0.29) is 5.97 Å². The van der Waals surface area contributed by atoms with Crippen molar-refractivity contribution in [3.05, 3.63) is 10.6 Å². The SMILES string of the molecule is COC(=O)c1nc(N2CCC(C(C)(C)C)C2)sc1C. The van der Waals surface area contributed by atoms with Crippen LogP contribution in [0.5, 0.6) is 0 Å². The van der Waals surface area contributed by atoms with Gasteiger partial charge in [-0.2, -0.15) is 0 Å². The molecule has 0 amide bonds. The lowest BCUT2D eigenvalue weighted by Gasteiger charge is -2.26. The molecule has 1 aliphatic rings. The van der Waals surface area contributed by atoms with E-state index in [2.05, 4.69) is 30.7 Å². The molecule has 0 bridgehead atoms. The second-order valence-electron chi connectivity index (χ2n) is 6.19. The first-order valence-electron chi connectivity index (χ1n) is 6.63. The minimum absolute atomic E-state index is 0.326. The highest BCUT2D eigenvalue weighted by atomic mass is 32.1. The molecule has 5 heteroatoms. The Morgan fingerprint density at radius 3 is 2.68 bits per heavy atom. The molecule has 1 aromatic heterocycles. The van der Waals surface area contributed by atoms with Gasteiger partial charge in [-0.15, -0.1) is 11.3 Å². The first-order chi connectivity index (χ1) is 8.82. The Kier molecular flexibility index (Phi) is 3.85. The van der Waals surface area contributed by atoms with Crippen molar-refractivity contribution in [2.45, 2.75) is 34.1 Å². The molecule has 2 heterocycles. The summed E-state index contributed by atoms with van der Waals surface area (Å²) in [7, 11) is 1.40. The van der Waals surface area contributed by atoms with Crippen LogP contribution in [0.4, 0.5) is 5.13 Å². The average molecular weight is 282 g/mol. The van der Waals surface area contributed by atoms with Crippen LogP contribution in [0.25, 0.3) is 0 Å². The van der Waals surface area contributed by atoms with Gasteiger partial charge in [-0.3, -0.25) is 0 Å². The van der Waals surface area contributed by atoms with E-state index in [1.165, 1.54) is 13.5 Å². The number of rotatable bonds is 2. The molecule has 0 saturated carbocycles. The normalized spacial score (nSPS) is 19.8. The molecule has 0 N–H and O–H groups in total. The van der Waals surface area contributed by atoms with Crippen LogP contribution in [-0.2, 0) is 4.74 Å². The van der Waals surface area contributed by atoms with Crippen molar-refractivity contribution in [1.82, 2.24) is 4.98 Å². The van der Waals surface area contributed by atoms with E-state index >= 15 is 0 Å². The highest BCUT2D eigenvalue weighted by molar-refractivity contribution is 7.15. The molecular formula is C14H22N2O2S. The van der Waals surface area contributed by atoms with Gasteiger partial charge in [0.1, 0.15) is 0 Å². The summed E-state index contributed by atoms with van der Waals surface area (Å²) in [6.07, 6.45) is 1.19. The molecule has 0 spiro atoms. The van der Waals surface area contributed by atoms with Gasteiger partial charge in [-0.25, -0.2) is 9.78 Å². The van der Waals surface area contributed by atoms with Crippen LogP contribution in [-0.4, -0.2) is 31.2 Å². The molecule has 2 rings (SSSR count). The Bertz CT molecular complexity index is 476. The molecule has 0 radical (unpaired) electrons. The molecule has 4 nitrogen and oxygen atoms in total. The van der Waals surface area contributed by atoms with E-state index in [1.54, 1.807) is 11.3 Å². The Morgan fingerprint density at radius 1 is 1.47 bits per heavy atom. The number of hydrogen-bond donors (Lipinski definition) is 0. The van der Waals surface area contributed by atoms with Gasteiger partial charge < -0.3 is 9.64 Å². The number of anilines is 1. The molecule has 1 unspecified atom stereocenters. The van der Waals surface area contributed by atoms with Crippen molar-refractivity contribution in [3.8, 4) is 0 Å². The maximum absolute atomic E-state index is 11.6. The fourth-order valence-corrected chi connectivity index (χ4v) is 3.38. The number of carbonyl (C=O) groups excluding carboxylic acids is 1. The molecule has 19 heavy (non-hydrogen) atoms. The van der Waals surface area contributed by atoms with Crippen molar-refractivity contribution < 1.29 is 9.53 Å². The smallest absolute Gasteiger partial charge is 0.357 e. The van der Waals surface area contributed by atoms with Crippen LogP contribution in [0.3, 0.4) is 0 Å². The highest BCUT2D eigenvalue weighted by Gasteiger charge is 2.33. The van der Waals surface area contributed by atoms with E-state index < -0.39 is 0 Å². The maximum atomic E-state index is 11.6. The number of methoxy groups -OCH3 is 1. The largest absolute Gasteiger partial charge is 0.464 e. The second-order valence-corrected chi connectivity index (χ2v) is 7.37. The zero-order valence-electron chi connectivity index (χ0n) is 12.3. The monoisotopic (exact) mass is 282 g/mol. The van der Waals surface area contributed by atoms with E-state index in [9.17, 15) is 4.79 Å². The molecule has 0 aliphatic carbocycles.